The number of aromatic hydroxyl groups is 1. The zero-order valence-electron chi connectivity index (χ0n) is 13.9. The summed E-state index contributed by atoms with van der Waals surface area (Å²) >= 11 is 0. The maximum absolute atomic E-state index is 13.5. The smallest absolute Gasteiger partial charge is 0.254 e. The lowest BCUT2D eigenvalue weighted by Gasteiger charge is -2.27. The molecule has 1 aliphatic rings. The maximum Gasteiger partial charge on any atom is 0.254 e. The minimum absolute atomic E-state index is 0.149. The van der Waals surface area contributed by atoms with Crippen molar-refractivity contribution in [3.8, 4) is 17.3 Å². The van der Waals surface area contributed by atoms with Crippen molar-refractivity contribution in [1.29, 1.82) is 0 Å². The lowest BCUT2D eigenvalue weighted by Crippen LogP contribution is -2.35. The summed E-state index contributed by atoms with van der Waals surface area (Å²) in [6, 6.07) is 9.91. The third kappa shape index (κ3) is 3.09. The molecule has 0 radical (unpaired) electrons. The molecule has 132 valence electrons. The Morgan fingerprint density at radius 1 is 1.23 bits per heavy atom. The highest BCUT2D eigenvalue weighted by Gasteiger charge is 2.22. The highest BCUT2D eigenvalue weighted by molar-refractivity contribution is 5.49. The molecule has 7 heteroatoms. The fraction of sp³-hybridized carbons (Fsp3) is 0.211. The molecule has 0 fully saturated rings. The molecule has 6 nitrogen and oxygen atoms in total. The van der Waals surface area contributed by atoms with Gasteiger partial charge in [-0.1, -0.05) is 18.2 Å². The summed E-state index contributed by atoms with van der Waals surface area (Å²) < 4.78 is 13.5. The Bertz CT molecular complexity index is 1000. The van der Waals surface area contributed by atoms with Gasteiger partial charge in [-0.05, 0) is 24.6 Å². The fourth-order valence-corrected chi connectivity index (χ4v) is 3.18. The topological polar surface area (TPSA) is 82.1 Å². The number of hydrogen-bond donors (Lipinski definition) is 2. The number of halogens is 1. The minimum atomic E-state index is -0.632. The molecule has 2 N–H and O–H groups in total. The number of para-hydroxylation sites is 1. The monoisotopic (exact) mass is 352 g/mol. The molecule has 1 aliphatic heterocycles. The van der Waals surface area contributed by atoms with Crippen molar-refractivity contribution in [2.24, 2.45) is 0 Å². The molecule has 0 atom stereocenters. The number of H-pyrrole nitrogens is 1. The van der Waals surface area contributed by atoms with Crippen molar-refractivity contribution in [3.05, 3.63) is 75.6 Å². The van der Waals surface area contributed by atoms with E-state index in [4.69, 9.17) is 0 Å². The normalized spacial score (nSPS) is 14.2. The summed E-state index contributed by atoms with van der Waals surface area (Å²) in [4.78, 5) is 26.0. The highest BCUT2D eigenvalue weighted by Crippen LogP contribution is 2.25. The number of nitrogens with one attached hydrogen (secondary N) is 1. The van der Waals surface area contributed by atoms with Crippen molar-refractivity contribution in [3.63, 3.8) is 0 Å². The predicted molar refractivity (Wildman–Crippen MR) is 94.0 cm³/mol. The molecule has 26 heavy (non-hydrogen) atoms. The average molecular weight is 352 g/mol. The first-order valence-electron chi connectivity index (χ1n) is 8.34. The van der Waals surface area contributed by atoms with E-state index >= 15 is 0 Å². The number of aromatic nitrogens is 3. The molecular formula is C19H17FN4O2. The van der Waals surface area contributed by atoms with Crippen LogP contribution in [-0.2, 0) is 19.5 Å². The summed E-state index contributed by atoms with van der Waals surface area (Å²) in [7, 11) is 0. The quantitative estimate of drug-likeness (QED) is 0.755. The molecule has 0 saturated carbocycles. The second-order valence-corrected chi connectivity index (χ2v) is 6.26. The van der Waals surface area contributed by atoms with Crippen LogP contribution in [0.5, 0.6) is 5.75 Å². The van der Waals surface area contributed by atoms with E-state index in [1.54, 1.807) is 30.5 Å². The zero-order valence-corrected chi connectivity index (χ0v) is 13.9. The van der Waals surface area contributed by atoms with Gasteiger partial charge in [0, 0.05) is 37.0 Å². The van der Waals surface area contributed by atoms with E-state index in [0.717, 1.165) is 0 Å². The third-order valence-corrected chi connectivity index (χ3v) is 4.52. The van der Waals surface area contributed by atoms with Crippen LogP contribution in [0.4, 0.5) is 4.39 Å². The number of fused-ring (bicyclic) bond motifs is 1. The number of hydrogen-bond acceptors (Lipinski definition) is 5. The van der Waals surface area contributed by atoms with Crippen LogP contribution in [0.25, 0.3) is 11.5 Å². The number of rotatable bonds is 3. The van der Waals surface area contributed by atoms with Gasteiger partial charge in [0.1, 0.15) is 5.69 Å². The molecule has 0 spiro atoms. The number of phenols is 1. The lowest BCUT2D eigenvalue weighted by atomic mass is 10.0. The van der Waals surface area contributed by atoms with E-state index in [-0.39, 0.29) is 11.3 Å². The standard InChI is InChI=1S/C19H17FN4O2/c20-14-5-3-4-12(17(14)25)10-24-9-7-13-16(11-24)22-18(23-19(13)26)15-6-1-2-8-21-15/h1-6,8,25H,7,9-11H2,(H,22,23,26). The minimum Gasteiger partial charge on any atom is -0.505 e. The number of aromatic amines is 1. The van der Waals surface area contributed by atoms with E-state index in [0.29, 0.717) is 54.4 Å². The zero-order chi connectivity index (χ0) is 18.1. The van der Waals surface area contributed by atoms with Crippen molar-refractivity contribution < 1.29 is 9.50 Å². The largest absolute Gasteiger partial charge is 0.505 e. The van der Waals surface area contributed by atoms with Crippen LogP contribution in [0.2, 0.25) is 0 Å². The van der Waals surface area contributed by atoms with Gasteiger partial charge in [-0.25, -0.2) is 9.37 Å². The first kappa shape index (κ1) is 16.4. The van der Waals surface area contributed by atoms with Gasteiger partial charge < -0.3 is 10.1 Å². The van der Waals surface area contributed by atoms with Gasteiger partial charge in [-0.3, -0.25) is 14.7 Å². The van der Waals surface area contributed by atoms with Gasteiger partial charge in [-0.15, -0.1) is 0 Å². The number of benzene rings is 1. The van der Waals surface area contributed by atoms with Gasteiger partial charge in [0.25, 0.3) is 5.56 Å². The maximum atomic E-state index is 13.5. The van der Waals surface area contributed by atoms with Crippen LogP contribution in [0.1, 0.15) is 16.8 Å². The van der Waals surface area contributed by atoms with Crippen LogP contribution in [-0.4, -0.2) is 31.5 Å². The molecule has 0 aliphatic carbocycles. The lowest BCUT2D eigenvalue weighted by molar-refractivity contribution is 0.236. The number of pyridine rings is 1. The Hall–Kier alpha value is -3.06. The van der Waals surface area contributed by atoms with Crippen LogP contribution >= 0.6 is 0 Å². The Balaban J connectivity index is 1.63. The molecule has 0 saturated heterocycles. The SMILES string of the molecule is O=c1[nH]c(-c2ccccn2)nc2c1CCN(Cc1cccc(F)c1O)C2. The van der Waals surface area contributed by atoms with E-state index in [1.165, 1.54) is 6.07 Å². The molecule has 1 aromatic carbocycles. The molecular weight excluding hydrogens is 335 g/mol. The third-order valence-electron chi connectivity index (χ3n) is 4.52. The molecule has 0 unspecified atom stereocenters. The molecule has 0 amide bonds. The van der Waals surface area contributed by atoms with Crippen LogP contribution < -0.4 is 5.56 Å². The Kier molecular flexibility index (Phi) is 4.22. The number of phenolic OH excluding ortho intramolecular Hbond substituents is 1. The van der Waals surface area contributed by atoms with Crippen molar-refractivity contribution in [1.82, 2.24) is 19.9 Å². The van der Waals surface area contributed by atoms with Gasteiger partial charge in [0.05, 0.1) is 5.69 Å². The van der Waals surface area contributed by atoms with E-state index in [2.05, 4.69) is 15.0 Å². The first-order valence-corrected chi connectivity index (χ1v) is 8.34. The van der Waals surface area contributed by atoms with E-state index in [9.17, 15) is 14.3 Å². The van der Waals surface area contributed by atoms with Crippen molar-refractivity contribution in [2.75, 3.05) is 6.54 Å². The molecule has 2 aromatic heterocycles. The highest BCUT2D eigenvalue weighted by atomic mass is 19.1. The second-order valence-electron chi connectivity index (χ2n) is 6.26. The van der Waals surface area contributed by atoms with Crippen LogP contribution in [0.3, 0.4) is 0 Å². The first-order chi connectivity index (χ1) is 12.6. The summed E-state index contributed by atoms with van der Waals surface area (Å²) in [5.41, 5.74) is 2.33. The molecule has 3 aromatic rings. The summed E-state index contributed by atoms with van der Waals surface area (Å²) in [6.45, 7) is 1.47. The van der Waals surface area contributed by atoms with Gasteiger partial charge in [0.15, 0.2) is 17.4 Å². The second kappa shape index (κ2) is 6.68. The van der Waals surface area contributed by atoms with E-state index < -0.39 is 5.82 Å². The van der Waals surface area contributed by atoms with Gasteiger partial charge in [-0.2, -0.15) is 0 Å². The predicted octanol–water partition coefficient (Wildman–Crippen LogP) is 2.23. The Labute approximate surface area is 149 Å². The van der Waals surface area contributed by atoms with Gasteiger partial charge >= 0.3 is 0 Å². The summed E-state index contributed by atoms with van der Waals surface area (Å²) in [6.07, 6.45) is 2.20. The Morgan fingerprint density at radius 3 is 2.92 bits per heavy atom. The molecule has 3 heterocycles. The molecule has 4 rings (SSSR count). The van der Waals surface area contributed by atoms with Gasteiger partial charge in [0.2, 0.25) is 0 Å². The van der Waals surface area contributed by atoms with Crippen LogP contribution in [0, 0.1) is 5.82 Å². The Morgan fingerprint density at radius 2 is 2.12 bits per heavy atom. The van der Waals surface area contributed by atoms with E-state index in [1.807, 2.05) is 11.0 Å². The summed E-state index contributed by atoms with van der Waals surface area (Å²) in [5.74, 6) is -0.525. The summed E-state index contributed by atoms with van der Waals surface area (Å²) in [5, 5.41) is 9.88. The van der Waals surface area contributed by atoms with Crippen LogP contribution in [0.15, 0.2) is 47.4 Å². The molecule has 0 bridgehead atoms. The van der Waals surface area contributed by atoms with Crippen molar-refractivity contribution >= 4 is 0 Å². The fourth-order valence-electron chi connectivity index (χ4n) is 3.18. The average Bonchev–Trinajstić information content (AvgIpc) is 2.66. The van der Waals surface area contributed by atoms with Crippen molar-refractivity contribution in [2.45, 2.75) is 19.5 Å². The number of nitrogens with zero attached hydrogens (tertiary/aromatic N) is 3.